The van der Waals surface area contributed by atoms with Gasteiger partial charge in [-0.3, -0.25) is 5.32 Å². The van der Waals surface area contributed by atoms with Crippen molar-refractivity contribution in [2.75, 3.05) is 11.6 Å². The third-order valence-electron chi connectivity index (χ3n) is 2.43. The summed E-state index contributed by atoms with van der Waals surface area (Å²) in [5, 5.41) is 6.02. The molecule has 0 saturated heterocycles. The summed E-state index contributed by atoms with van der Waals surface area (Å²) in [4.78, 5) is 16.2. The summed E-state index contributed by atoms with van der Waals surface area (Å²) in [6.45, 7) is 0. The van der Waals surface area contributed by atoms with E-state index in [0.717, 1.165) is 11.4 Å². The highest BCUT2D eigenvalue weighted by Crippen LogP contribution is 2.12. The number of nitrogens with zero attached hydrogens (tertiary/aromatic N) is 1. The monoisotopic (exact) mass is 285 g/mol. The fourth-order valence-corrected chi connectivity index (χ4v) is 1.92. The number of para-hydroxylation sites is 2. The minimum atomic E-state index is -0.305. The summed E-state index contributed by atoms with van der Waals surface area (Å²) >= 11 is 1.38. The van der Waals surface area contributed by atoms with Crippen LogP contribution >= 0.6 is 11.8 Å². The first kappa shape index (κ1) is 14.1. The minimum absolute atomic E-state index is 0.305. The van der Waals surface area contributed by atoms with Crippen molar-refractivity contribution in [2.24, 2.45) is 4.99 Å². The lowest BCUT2D eigenvalue weighted by Gasteiger charge is -2.08. The van der Waals surface area contributed by atoms with Crippen molar-refractivity contribution in [1.29, 1.82) is 0 Å². The minimum Gasteiger partial charge on any atom is -0.308 e. The first-order valence-electron chi connectivity index (χ1n) is 6.09. The smallest absolute Gasteiger partial charge is 0.308 e. The number of hydrogen-bond donors (Lipinski definition) is 2. The van der Waals surface area contributed by atoms with E-state index < -0.39 is 0 Å². The van der Waals surface area contributed by atoms with Crippen molar-refractivity contribution in [3.8, 4) is 0 Å². The van der Waals surface area contributed by atoms with Gasteiger partial charge in [-0.25, -0.2) is 9.79 Å². The standard InChI is InChI=1S/C15H15N3OS/c1-20-15(17-13-10-6-3-7-11-13)18-14(19)16-12-8-4-2-5-9-12/h2-11H,1H3,(H2,16,17,18,19). The molecule has 0 spiro atoms. The van der Waals surface area contributed by atoms with Crippen LogP contribution in [0.3, 0.4) is 0 Å². The molecule has 0 fully saturated rings. The normalized spacial score (nSPS) is 10.9. The predicted octanol–water partition coefficient (Wildman–Crippen LogP) is 3.86. The van der Waals surface area contributed by atoms with Crippen LogP contribution in [0.4, 0.5) is 16.2 Å². The number of urea groups is 1. The zero-order valence-corrected chi connectivity index (χ0v) is 11.9. The number of hydrogen-bond acceptors (Lipinski definition) is 3. The fraction of sp³-hybridized carbons (Fsp3) is 0.0667. The van der Waals surface area contributed by atoms with E-state index in [0.29, 0.717) is 5.17 Å². The van der Waals surface area contributed by atoms with Crippen molar-refractivity contribution in [3.05, 3.63) is 60.7 Å². The molecular formula is C15H15N3OS. The summed E-state index contributed by atoms with van der Waals surface area (Å²) in [5.41, 5.74) is 1.54. The maximum atomic E-state index is 11.9. The van der Waals surface area contributed by atoms with Gasteiger partial charge >= 0.3 is 6.03 Å². The Labute approximate surface area is 122 Å². The SMILES string of the molecule is CSC(=Nc1ccccc1)NC(=O)Nc1ccccc1. The maximum absolute atomic E-state index is 11.9. The Hall–Kier alpha value is -2.27. The second kappa shape index (κ2) is 7.35. The van der Waals surface area contributed by atoms with Gasteiger partial charge in [-0.1, -0.05) is 48.2 Å². The largest absolute Gasteiger partial charge is 0.325 e. The quantitative estimate of drug-likeness (QED) is 0.650. The number of carbonyl (C=O) groups excluding carboxylic acids is 1. The van der Waals surface area contributed by atoms with E-state index in [4.69, 9.17) is 0 Å². The maximum Gasteiger partial charge on any atom is 0.325 e. The summed E-state index contributed by atoms with van der Waals surface area (Å²) in [5.74, 6) is 0. The van der Waals surface area contributed by atoms with E-state index in [1.165, 1.54) is 11.8 Å². The number of carbonyl (C=O) groups is 1. The van der Waals surface area contributed by atoms with Gasteiger partial charge in [-0.2, -0.15) is 0 Å². The molecule has 0 aromatic heterocycles. The van der Waals surface area contributed by atoms with E-state index in [9.17, 15) is 4.79 Å². The third-order valence-corrected chi connectivity index (χ3v) is 3.01. The molecule has 0 unspecified atom stereocenters. The Balaban J connectivity index is 2.00. The fourth-order valence-electron chi connectivity index (χ4n) is 1.53. The molecule has 0 heterocycles. The van der Waals surface area contributed by atoms with Crippen molar-refractivity contribution < 1.29 is 4.79 Å². The molecule has 0 aliphatic rings. The molecule has 5 heteroatoms. The van der Waals surface area contributed by atoms with Crippen LogP contribution in [0.25, 0.3) is 0 Å². The van der Waals surface area contributed by atoms with Crippen LogP contribution in [0.15, 0.2) is 65.7 Å². The molecule has 2 N–H and O–H groups in total. The molecule has 0 radical (unpaired) electrons. The summed E-state index contributed by atoms with van der Waals surface area (Å²) in [7, 11) is 0. The van der Waals surface area contributed by atoms with Crippen LogP contribution in [0.1, 0.15) is 0 Å². The highest BCUT2D eigenvalue weighted by Gasteiger charge is 2.05. The van der Waals surface area contributed by atoms with Crippen LogP contribution < -0.4 is 10.6 Å². The lowest BCUT2D eigenvalue weighted by molar-refractivity contribution is 0.256. The number of thioether (sulfide) groups is 1. The van der Waals surface area contributed by atoms with Crippen LogP contribution in [0.2, 0.25) is 0 Å². The van der Waals surface area contributed by atoms with Gasteiger partial charge in [-0.15, -0.1) is 0 Å². The van der Waals surface area contributed by atoms with Gasteiger partial charge in [0.2, 0.25) is 0 Å². The molecule has 0 aliphatic heterocycles. The summed E-state index contributed by atoms with van der Waals surface area (Å²) in [6, 6.07) is 18.5. The van der Waals surface area contributed by atoms with Gasteiger partial charge in [-0.05, 0) is 30.5 Å². The molecule has 0 aliphatic carbocycles. The van der Waals surface area contributed by atoms with Crippen LogP contribution in [-0.2, 0) is 0 Å². The van der Waals surface area contributed by atoms with E-state index in [2.05, 4.69) is 15.6 Å². The topological polar surface area (TPSA) is 53.5 Å². The van der Waals surface area contributed by atoms with Gasteiger partial charge in [0.15, 0.2) is 5.17 Å². The Morgan fingerprint density at radius 3 is 2.20 bits per heavy atom. The summed E-state index contributed by atoms with van der Waals surface area (Å²) < 4.78 is 0. The predicted molar refractivity (Wildman–Crippen MR) is 85.6 cm³/mol. The van der Waals surface area contributed by atoms with Crippen molar-refractivity contribution in [2.45, 2.75) is 0 Å². The number of rotatable bonds is 2. The van der Waals surface area contributed by atoms with Crippen molar-refractivity contribution >= 4 is 34.3 Å². The molecule has 4 nitrogen and oxygen atoms in total. The van der Waals surface area contributed by atoms with E-state index in [-0.39, 0.29) is 6.03 Å². The van der Waals surface area contributed by atoms with E-state index in [1.807, 2.05) is 66.9 Å². The van der Waals surface area contributed by atoms with Crippen molar-refractivity contribution in [1.82, 2.24) is 5.32 Å². The van der Waals surface area contributed by atoms with Gasteiger partial charge in [0.05, 0.1) is 5.69 Å². The van der Waals surface area contributed by atoms with E-state index >= 15 is 0 Å². The van der Waals surface area contributed by atoms with Gasteiger partial charge in [0, 0.05) is 5.69 Å². The van der Waals surface area contributed by atoms with Gasteiger partial charge in [0.1, 0.15) is 0 Å². The Morgan fingerprint density at radius 1 is 1.00 bits per heavy atom. The second-order valence-corrected chi connectivity index (χ2v) is 4.70. The average Bonchev–Trinajstić information content (AvgIpc) is 2.48. The van der Waals surface area contributed by atoms with Crippen LogP contribution in [0, 0.1) is 0 Å². The van der Waals surface area contributed by atoms with Crippen LogP contribution in [0.5, 0.6) is 0 Å². The molecule has 0 saturated carbocycles. The molecule has 2 aromatic carbocycles. The average molecular weight is 285 g/mol. The molecule has 102 valence electrons. The molecule has 20 heavy (non-hydrogen) atoms. The van der Waals surface area contributed by atoms with Gasteiger partial charge < -0.3 is 5.32 Å². The Bertz CT molecular complexity index is 585. The molecule has 2 amide bonds. The molecule has 0 bridgehead atoms. The molecule has 0 atom stereocenters. The molecule has 2 rings (SSSR count). The molecular weight excluding hydrogens is 270 g/mol. The number of amides is 2. The highest BCUT2D eigenvalue weighted by molar-refractivity contribution is 8.13. The summed E-state index contributed by atoms with van der Waals surface area (Å²) in [6.07, 6.45) is 1.87. The Morgan fingerprint density at radius 2 is 1.60 bits per heavy atom. The number of nitrogens with one attached hydrogen (secondary N) is 2. The first-order valence-corrected chi connectivity index (χ1v) is 7.31. The number of amidine groups is 1. The second-order valence-electron chi connectivity index (χ2n) is 3.90. The van der Waals surface area contributed by atoms with Crippen LogP contribution in [-0.4, -0.2) is 17.5 Å². The molecule has 2 aromatic rings. The Kier molecular flexibility index (Phi) is 5.20. The third kappa shape index (κ3) is 4.44. The number of benzene rings is 2. The first-order chi connectivity index (χ1) is 9.78. The zero-order chi connectivity index (χ0) is 14.2. The van der Waals surface area contributed by atoms with Crippen molar-refractivity contribution in [3.63, 3.8) is 0 Å². The lowest BCUT2D eigenvalue weighted by Crippen LogP contribution is -2.32. The lowest BCUT2D eigenvalue weighted by atomic mass is 10.3. The number of aliphatic imine (C=N–C) groups is 1. The zero-order valence-electron chi connectivity index (χ0n) is 11.0. The number of anilines is 1. The van der Waals surface area contributed by atoms with Gasteiger partial charge in [0.25, 0.3) is 0 Å². The highest BCUT2D eigenvalue weighted by atomic mass is 32.2. The van der Waals surface area contributed by atoms with E-state index in [1.54, 1.807) is 0 Å².